The molecule has 0 saturated heterocycles. The molecule has 0 aliphatic heterocycles. The molecule has 0 atom stereocenters. The number of aryl methyl sites for hydroxylation is 1. The van der Waals surface area contributed by atoms with E-state index in [4.69, 9.17) is 9.84 Å². The Balaban J connectivity index is 1.82. The van der Waals surface area contributed by atoms with Gasteiger partial charge in [-0.2, -0.15) is 10.2 Å². The monoisotopic (exact) mass is 326 g/mol. The Morgan fingerprint density at radius 2 is 1.62 bits per heavy atom. The van der Waals surface area contributed by atoms with Gasteiger partial charge >= 0.3 is 0 Å². The molecule has 0 saturated carbocycles. The van der Waals surface area contributed by atoms with Crippen molar-refractivity contribution in [2.45, 2.75) is 39.0 Å². The van der Waals surface area contributed by atoms with Crippen LogP contribution in [-0.4, -0.2) is 18.3 Å². The number of azo groups is 1. The molecule has 2 rings (SSSR count). The van der Waals surface area contributed by atoms with Gasteiger partial charge in [0.1, 0.15) is 5.75 Å². The zero-order valence-corrected chi connectivity index (χ0v) is 14.3. The van der Waals surface area contributed by atoms with Crippen LogP contribution >= 0.6 is 0 Å². The zero-order valence-electron chi connectivity index (χ0n) is 14.3. The SMILES string of the molecule is CCc1ccccc1N=Nc1ccc(OCCCCCCO)cc1. The van der Waals surface area contributed by atoms with Gasteiger partial charge in [0.15, 0.2) is 0 Å². The second-order valence-electron chi connectivity index (χ2n) is 5.66. The average Bonchev–Trinajstić information content (AvgIpc) is 2.64. The fraction of sp³-hybridized carbons (Fsp3) is 0.400. The maximum Gasteiger partial charge on any atom is 0.119 e. The van der Waals surface area contributed by atoms with Crippen LogP contribution in [0, 0.1) is 0 Å². The van der Waals surface area contributed by atoms with Gasteiger partial charge in [0.05, 0.1) is 18.0 Å². The summed E-state index contributed by atoms with van der Waals surface area (Å²) in [7, 11) is 0. The van der Waals surface area contributed by atoms with Crippen molar-refractivity contribution in [2.24, 2.45) is 10.2 Å². The molecule has 4 nitrogen and oxygen atoms in total. The second kappa shape index (κ2) is 10.6. The van der Waals surface area contributed by atoms with Gasteiger partial charge in [-0.15, -0.1) is 0 Å². The van der Waals surface area contributed by atoms with E-state index < -0.39 is 0 Å². The van der Waals surface area contributed by atoms with Gasteiger partial charge in [0, 0.05) is 6.61 Å². The van der Waals surface area contributed by atoms with Gasteiger partial charge in [-0.25, -0.2) is 0 Å². The van der Waals surface area contributed by atoms with Crippen LogP contribution in [0.1, 0.15) is 38.2 Å². The van der Waals surface area contributed by atoms with Crippen molar-refractivity contribution in [2.75, 3.05) is 13.2 Å². The number of nitrogens with zero attached hydrogens (tertiary/aromatic N) is 2. The van der Waals surface area contributed by atoms with Gasteiger partial charge in [-0.05, 0) is 61.6 Å². The van der Waals surface area contributed by atoms with Crippen LogP contribution in [0.5, 0.6) is 5.75 Å². The summed E-state index contributed by atoms with van der Waals surface area (Å²) in [5, 5.41) is 17.4. The molecular weight excluding hydrogens is 300 g/mol. The summed E-state index contributed by atoms with van der Waals surface area (Å²) in [5.41, 5.74) is 2.93. The molecule has 0 spiro atoms. The van der Waals surface area contributed by atoms with Crippen LogP contribution in [0.25, 0.3) is 0 Å². The van der Waals surface area contributed by atoms with Gasteiger partial charge in [0.2, 0.25) is 0 Å². The van der Waals surface area contributed by atoms with Crippen molar-refractivity contribution in [3.63, 3.8) is 0 Å². The van der Waals surface area contributed by atoms with E-state index in [1.54, 1.807) is 0 Å². The minimum atomic E-state index is 0.277. The molecule has 24 heavy (non-hydrogen) atoms. The van der Waals surface area contributed by atoms with E-state index in [2.05, 4.69) is 23.2 Å². The molecule has 0 radical (unpaired) electrons. The lowest BCUT2D eigenvalue weighted by molar-refractivity contribution is 0.273. The van der Waals surface area contributed by atoms with Gasteiger partial charge in [-0.3, -0.25) is 0 Å². The van der Waals surface area contributed by atoms with Crippen molar-refractivity contribution >= 4 is 11.4 Å². The Hall–Kier alpha value is -2.20. The Labute approximate surface area is 144 Å². The van der Waals surface area contributed by atoms with E-state index in [1.807, 2.05) is 42.5 Å². The van der Waals surface area contributed by atoms with Crippen LogP contribution in [0.15, 0.2) is 58.8 Å². The summed E-state index contributed by atoms with van der Waals surface area (Å²) in [6, 6.07) is 15.7. The third-order valence-electron chi connectivity index (χ3n) is 3.80. The smallest absolute Gasteiger partial charge is 0.119 e. The van der Waals surface area contributed by atoms with Crippen molar-refractivity contribution in [1.29, 1.82) is 0 Å². The van der Waals surface area contributed by atoms with Gasteiger partial charge in [0.25, 0.3) is 0 Å². The molecule has 4 heteroatoms. The molecule has 0 bridgehead atoms. The van der Waals surface area contributed by atoms with E-state index >= 15 is 0 Å². The van der Waals surface area contributed by atoms with E-state index in [9.17, 15) is 0 Å². The third kappa shape index (κ3) is 6.13. The van der Waals surface area contributed by atoms with E-state index in [-0.39, 0.29) is 6.61 Å². The first-order valence-corrected chi connectivity index (χ1v) is 8.67. The Kier molecular flexibility index (Phi) is 7.98. The third-order valence-corrected chi connectivity index (χ3v) is 3.80. The highest BCUT2D eigenvalue weighted by molar-refractivity contribution is 5.47. The lowest BCUT2D eigenvalue weighted by Crippen LogP contribution is -1.97. The molecule has 1 N–H and O–H groups in total. The van der Waals surface area contributed by atoms with E-state index in [0.29, 0.717) is 6.61 Å². The number of hydrogen-bond acceptors (Lipinski definition) is 4. The summed E-state index contributed by atoms with van der Waals surface area (Å²) < 4.78 is 5.71. The molecule has 0 aliphatic carbocycles. The topological polar surface area (TPSA) is 54.2 Å². The lowest BCUT2D eigenvalue weighted by atomic mass is 10.1. The minimum absolute atomic E-state index is 0.277. The number of ether oxygens (including phenoxy) is 1. The molecular formula is C20H26N2O2. The highest BCUT2D eigenvalue weighted by atomic mass is 16.5. The van der Waals surface area contributed by atoms with Crippen molar-refractivity contribution in [3.8, 4) is 5.75 Å². The summed E-state index contributed by atoms with van der Waals surface area (Å²) in [5.74, 6) is 0.852. The highest BCUT2D eigenvalue weighted by Crippen LogP contribution is 2.24. The summed E-state index contributed by atoms with van der Waals surface area (Å²) in [6.45, 7) is 3.10. The first-order valence-electron chi connectivity index (χ1n) is 8.67. The van der Waals surface area contributed by atoms with Crippen molar-refractivity contribution in [1.82, 2.24) is 0 Å². The van der Waals surface area contributed by atoms with Gasteiger partial charge in [-0.1, -0.05) is 31.5 Å². The van der Waals surface area contributed by atoms with E-state index in [1.165, 1.54) is 5.56 Å². The van der Waals surface area contributed by atoms with Crippen molar-refractivity contribution < 1.29 is 9.84 Å². The zero-order chi connectivity index (χ0) is 17.0. The predicted octanol–water partition coefficient (Wildman–Crippen LogP) is 5.60. The van der Waals surface area contributed by atoms with Crippen molar-refractivity contribution in [3.05, 3.63) is 54.1 Å². The van der Waals surface area contributed by atoms with Crippen LogP contribution in [0.4, 0.5) is 11.4 Å². The molecule has 0 amide bonds. The quantitative estimate of drug-likeness (QED) is 0.456. The first kappa shape index (κ1) is 18.1. The van der Waals surface area contributed by atoms with Gasteiger partial charge < -0.3 is 9.84 Å². The number of aliphatic hydroxyl groups excluding tert-OH is 1. The summed E-state index contributed by atoms with van der Waals surface area (Å²) in [4.78, 5) is 0. The lowest BCUT2D eigenvalue weighted by Gasteiger charge is -2.06. The first-order chi connectivity index (χ1) is 11.8. The number of rotatable bonds is 10. The maximum atomic E-state index is 8.72. The number of benzene rings is 2. The van der Waals surface area contributed by atoms with Crippen LogP contribution in [0.2, 0.25) is 0 Å². The summed E-state index contributed by atoms with van der Waals surface area (Å²) >= 11 is 0. The number of hydrogen-bond donors (Lipinski definition) is 1. The normalized spacial score (nSPS) is 11.1. The fourth-order valence-electron chi connectivity index (χ4n) is 2.39. The highest BCUT2D eigenvalue weighted by Gasteiger charge is 1.98. The standard InChI is InChI=1S/C20H26N2O2/c1-2-17-9-5-6-10-20(17)22-21-18-11-13-19(14-12-18)24-16-8-4-3-7-15-23/h5-6,9-14,23H,2-4,7-8,15-16H2,1H3. The second-order valence-corrected chi connectivity index (χ2v) is 5.66. The Bertz CT molecular complexity index is 624. The molecule has 2 aromatic carbocycles. The average molecular weight is 326 g/mol. The molecule has 128 valence electrons. The van der Waals surface area contributed by atoms with E-state index in [0.717, 1.165) is 49.2 Å². The predicted molar refractivity (Wildman–Crippen MR) is 97.5 cm³/mol. The Morgan fingerprint density at radius 1 is 0.875 bits per heavy atom. The van der Waals surface area contributed by atoms with Crippen LogP contribution in [0.3, 0.4) is 0 Å². The molecule has 0 aliphatic rings. The minimum Gasteiger partial charge on any atom is -0.494 e. The number of aliphatic hydroxyl groups is 1. The summed E-state index contributed by atoms with van der Waals surface area (Å²) in [6.07, 6.45) is 4.97. The number of unbranched alkanes of at least 4 members (excludes halogenated alkanes) is 3. The fourth-order valence-corrected chi connectivity index (χ4v) is 2.39. The largest absolute Gasteiger partial charge is 0.494 e. The Morgan fingerprint density at radius 3 is 2.38 bits per heavy atom. The molecule has 0 aromatic heterocycles. The maximum absolute atomic E-state index is 8.72. The van der Waals surface area contributed by atoms with Crippen LogP contribution < -0.4 is 4.74 Å². The molecule has 2 aromatic rings. The molecule has 0 fully saturated rings. The van der Waals surface area contributed by atoms with Crippen LogP contribution in [-0.2, 0) is 6.42 Å². The molecule has 0 heterocycles. The molecule has 0 unspecified atom stereocenters.